The second kappa shape index (κ2) is 7.81. The summed E-state index contributed by atoms with van der Waals surface area (Å²) in [6.07, 6.45) is 4.91. The zero-order valence-corrected chi connectivity index (χ0v) is 19.6. The molecule has 9 heteroatoms. The van der Waals surface area contributed by atoms with Crippen molar-refractivity contribution >= 4 is 37.8 Å². The number of carbonyl (C=O) groups excluding carboxylic acids is 1. The van der Waals surface area contributed by atoms with Crippen LogP contribution in [0.2, 0.25) is 0 Å². The van der Waals surface area contributed by atoms with Crippen molar-refractivity contribution in [1.82, 2.24) is 19.5 Å². The van der Waals surface area contributed by atoms with Crippen LogP contribution in [-0.2, 0) is 15.4 Å². The molecule has 0 saturated carbocycles. The normalized spacial score (nSPS) is 12.3. The fourth-order valence-electron chi connectivity index (χ4n) is 3.79. The van der Waals surface area contributed by atoms with Crippen LogP contribution in [0.1, 0.15) is 36.8 Å². The van der Waals surface area contributed by atoms with Gasteiger partial charge in [-0.25, -0.2) is 22.8 Å². The quantitative estimate of drug-likeness (QED) is 0.408. The van der Waals surface area contributed by atoms with Gasteiger partial charge in [0.2, 0.25) is 0 Å². The molecule has 0 spiro atoms. The van der Waals surface area contributed by atoms with Crippen molar-refractivity contribution in [1.29, 1.82) is 0 Å². The maximum atomic E-state index is 13.2. The smallest absolute Gasteiger partial charge is 0.283 e. The topological polar surface area (TPSA) is 107 Å². The summed E-state index contributed by atoms with van der Waals surface area (Å²) in [6.45, 7) is 5.96. The molecule has 0 fully saturated rings. The number of nitrogens with zero attached hydrogens (tertiary/aromatic N) is 3. The standard InChI is InChI=1S/C25H22N4O4S/c1-25(2,3)17-14-16-10-13-33-23(16)22(15-17)34(31,32)28-24(30)20-9-8-18-19(27-20)6-4-7-21(18)29-12-5-11-26-29/h4-15H,1-3H3,(H,28,30). The molecule has 5 aromatic rings. The first-order chi connectivity index (χ1) is 16.1. The Morgan fingerprint density at radius 1 is 1.06 bits per heavy atom. The van der Waals surface area contributed by atoms with E-state index in [-0.39, 0.29) is 21.6 Å². The zero-order chi connectivity index (χ0) is 24.1. The van der Waals surface area contributed by atoms with Crippen LogP contribution in [0, 0.1) is 0 Å². The third-order valence-corrected chi connectivity index (χ3v) is 6.93. The number of sulfonamides is 1. The lowest BCUT2D eigenvalue weighted by Gasteiger charge is -2.20. The van der Waals surface area contributed by atoms with Crippen LogP contribution >= 0.6 is 0 Å². The molecule has 172 valence electrons. The SMILES string of the molecule is CC(C)(C)c1cc(S(=O)(=O)NC(=O)c2ccc3c(-n4cccn4)cccc3n2)c2occc2c1. The van der Waals surface area contributed by atoms with Gasteiger partial charge < -0.3 is 4.42 Å². The average molecular weight is 475 g/mol. The maximum absolute atomic E-state index is 13.2. The molecule has 0 unspecified atom stereocenters. The van der Waals surface area contributed by atoms with Crippen molar-refractivity contribution < 1.29 is 17.6 Å². The van der Waals surface area contributed by atoms with Crippen LogP contribution in [-0.4, -0.2) is 29.1 Å². The zero-order valence-electron chi connectivity index (χ0n) is 18.8. The number of carbonyl (C=O) groups is 1. The van der Waals surface area contributed by atoms with E-state index in [2.05, 4.69) is 14.8 Å². The third kappa shape index (κ3) is 3.84. The predicted molar refractivity (Wildman–Crippen MR) is 128 cm³/mol. The summed E-state index contributed by atoms with van der Waals surface area (Å²) in [7, 11) is -4.23. The number of amides is 1. The summed E-state index contributed by atoms with van der Waals surface area (Å²) < 4.78 is 35.8. The number of rotatable bonds is 4. The number of hydrogen-bond donors (Lipinski definition) is 1. The molecular formula is C25H22N4O4S. The van der Waals surface area contributed by atoms with E-state index in [0.717, 1.165) is 16.6 Å². The van der Waals surface area contributed by atoms with Crippen LogP contribution < -0.4 is 4.72 Å². The Balaban J connectivity index is 1.52. The Labute approximate surface area is 196 Å². The van der Waals surface area contributed by atoms with Gasteiger partial charge in [-0.1, -0.05) is 26.8 Å². The van der Waals surface area contributed by atoms with Crippen molar-refractivity contribution in [3.05, 3.63) is 84.5 Å². The van der Waals surface area contributed by atoms with Gasteiger partial charge in [0.15, 0.2) is 5.58 Å². The summed E-state index contributed by atoms with van der Waals surface area (Å²) >= 11 is 0. The van der Waals surface area contributed by atoms with Gasteiger partial charge in [-0.3, -0.25) is 4.79 Å². The number of pyridine rings is 1. The monoisotopic (exact) mass is 474 g/mol. The molecule has 1 amide bonds. The number of fused-ring (bicyclic) bond motifs is 2. The summed E-state index contributed by atoms with van der Waals surface area (Å²) in [6, 6.07) is 15.6. The molecule has 1 N–H and O–H groups in total. The minimum absolute atomic E-state index is 0.0173. The first kappa shape index (κ1) is 21.8. The number of furan rings is 1. The summed E-state index contributed by atoms with van der Waals surface area (Å²) in [4.78, 5) is 17.2. The molecule has 3 heterocycles. The van der Waals surface area contributed by atoms with E-state index in [9.17, 15) is 13.2 Å². The highest BCUT2D eigenvalue weighted by Crippen LogP contribution is 2.32. The van der Waals surface area contributed by atoms with Gasteiger partial charge in [0.05, 0.1) is 17.5 Å². The van der Waals surface area contributed by atoms with Gasteiger partial charge in [-0.2, -0.15) is 5.10 Å². The van der Waals surface area contributed by atoms with E-state index >= 15 is 0 Å². The molecular weight excluding hydrogens is 452 g/mol. The molecule has 0 saturated heterocycles. The van der Waals surface area contributed by atoms with Crippen molar-refractivity contribution in [2.75, 3.05) is 0 Å². The van der Waals surface area contributed by atoms with Gasteiger partial charge in [-0.15, -0.1) is 0 Å². The second-order valence-corrected chi connectivity index (χ2v) is 10.6. The van der Waals surface area contributed by atoms with E-state index < -0.39 is 15.9 Å². The van der Waals surface area contributed by atoms with Crippen LogP contribution in [0.25, 0.3) is 27.6 Å². The fourth-order valence-corrected chi connectivity index (χ4v) is 4.94. The highest BCUT2D eigenvalue weighted by molar-refractivity contribution is 7.90. The van der Waals surface area contributed by atoms with Gasteiger partial charge in [0.25, 0.3) is 15.9 Å². The van der Waals surface area contributed by atoms with Crippen molar-refractivity contribution in [2.24, 2.45) is 0 Å². The minimum Gasteiger partial charge on any atom is -0.463 e. The molecule has 0 aliphatic rings. The summed E-state index contributed by atoms with van der Waals surface area (Å²) in [5.41, 5.74) is 2.03. The average Bonchev–Trinajstić information content (AvgIpc) is 3.48. The van der Waals surface area contributed by atoms with Crippen molar-refractivity contribution in [3.8, 4) is 5.69 Å². The Morgan fingerprint density at radius 2 is 1.88 bits per heavy atom. The summed E-state index contributed by atoms with van der Waals surface area (Å²) in [5.74, 6) is -0.827. The van der Waals surface area contributed by atoms with E-state index in [1.54, 1.807) is 41.2 Å². The van der Waals surface area contributed by atoms with Gasteiger partial charge in [-0.05, 0) is 59.5 Å². The van der Waals surface area contributed by atoms with Crippen LogP contribution in [0.4, 0.5) is 0 Å². The highest BCUT2D eigenvalue weighted by atomic mass is 32.2. The maximum Gasteiger partial charge on any atom is 0.283 e. The van der Waals surface area contributed by atoms with E-state index in [1.165, 1.54) is 12.3 Å². The molecule has 34 heavy (non-hydrogen) atoms. The van der Waals surface area contributed by atoms with Crippen LogP contribution in [0.5, 0.6) is 0 Å². The number of benzene rings is 2. The number of nitrogens with one attached hydrogen (secondary N) is 1. The van der Waals surface area contributed by atoms with E-state index in [4.69, 9.17) is 4.42 Å². The van der Waals surface area contributed by atoms with Crippen molar-refractivity contribution in [3.63, 3.8) is 0 Å². The molecule has 2 aromatic carbocycles. The molecule has 8 nitrogen and oxygen atoms in total. The third-order valence-electron chi connectivity index (χ3n) is 5.59. The largest absolute Gasteiger partial charge is 0.463 e. The summed E-state index contributed by atoms with van der Waals surface area (Å²) in [5, 5.41) is 5.67. The Bertz CT molecular complexity index is 1650. The molecule has 3 aromatic heterocycles. The van der Waals surface area contributed by atoms with Crippen LogP contribution in [0.15, 0.2) is 82.6 Å². The lowest BCUT2D eigenvalue weighted by atomic mass is 9.86. The first-order valence-corrected chi connectivity index (χ1v) is 12.1. The number of hydrogen-bond acceptors (Lipinski definition) is 6. The predicted octanol–water partition coefficient (Wildman–Crippen LogP) is 4.58. The van der Waals surface area contributed by atoms with E-state index in [1.807, 2.05) is 45.2 Å². The van der Waals surface area contributed by atoms with Crippen molar-refractivity contribution in [2.45, 2.75) is 31.1 Å². The first-order valence-electron chi connectivity index (χ1n) is 10.6. The molecule has 0 radical (unpaired) electrons. The molecule has 0 atom stereocenters. The van der Waals surface area contributed by atoms with Gasteiger partial charge in [0, 0.05) is 23.2 Å². The molecule has 0 aliphatic carbocycles. The van der Waals surface area contributed by atoms with Gasteiger partial charge in [0.1, 0.15) is 10.6 Å². The number of aromatic nitrogens is 3. The van der Waals surface area contributed by atoms with E-state index in [0.29, 0.717) is 10.9 Å². The Morgan fingerprint density at radius 3 is 2.62 bits per heavy atom. The Hall–Kier alpha value is -3.98. The molecule has 0 aliphatic heterocycles. The fraction of sp³-hybridized carbons (Fsp3) is 0.160. The minimum atomic E-state index is -4.23. The second-order valence-electron chi connectivity index (χ2n) is 8.99. The molecule has 5 rings (SSSR count). The van der Waals surface area contributed by atoms with Crippen LogP contribution in [0.3, 0.4) is 0 Å². The lowest BCUT2D eigenvalue weighted by molar-refractivity contribution is 0.0977. The van der Waals surface area contributed by atoms with Gasteiger partial charge >= 0.3 is 0 Å². The highest BCUT2D eigenvalue weighted by Gasteiger charge is 2.27. The Kier molecular flexibility index (Phi) is 5.02. The molecule has 0 bridgehead atoms. The lowest BCUT2D eigenvalue weighted by Crippen LogP contribution is -2.31.